The number of primary sulfonamides is 1. The van der Waals surface area contributed by atoms with Crippen molar-refractivity contribution in [3.05, 3.63) is 48.0 Å². The van der Waals surface area contributed by atoms with Crippen molar-refractivity contribution < 1.29 is 18.3 Å². The van der Waals surface area contributed by atoms with Crippen LogP contribution < -0.4 is 14.8 Å². The quantitative estimate of drug-likeness (QED) is 0.551. The molecule has 0 saturated heterocycles. The Kier molecular flexibility index (Phi) is 8.63. The van der Waals surface area contributed by atoms with Gasteiger partial charge in [-0.2, -0.15) is 0 Å². The monoisotopic (exact) mass is 436 g/mol. The molecule has 0 spiro atoms. The number of para-hydroxylation sites is 1. The molecule has 0 amide bonds. The lowest BCUT2D eigenvalue weighted by Crippen LogP contribution is -2.37. The molecule has 30 heavy (non-hydrogen) atoms. The van der Waals surface area contributed by atoms with Gasteiger partial charge in [-0.3, -0.25) is 0 Å². The lowest BCUT2D eigenvalue weighted by Gasteiger charge is -2.30. The van der Waals surface area contributed by atoms with Crippen molar-refractivity contribution >= 4 is 15.7 Å². The first kappa shape index (κ1) is 24.1. The molecule has 0 radical (unpaired) electrons. The van der Waals surface area contributed by atoms with Gasteiger partial charge in [-0.25, -0.2) is 13.6 Å². The third kappa shape index (κ3) is 6.96. The molecule has 2 aromatic carbocycles. The topological polar surface area (TPSA) is 99.3 Å². The summed E-state index contributed by atoms with van der Waals surface area (Å²) in [6.07, 6.45) is 0. The summed E-state index contributed by atoms with van der Waals surface area (Å²) in [4.78, 5) is 6.02. The fourth-order valence-corrected chi connectivity index (χ4v) is 3.60. The summed E-state index contributed by atoms with van der Waals surface area (Å²) in [5.74, 6) is 0.666. The molecule has 8 nitrogen and oxygen atoms in total. The SMILES string of the molecule is CN(C)CCN(CCN(C)C)c1cc(CO)cc(S(N)(=O)=O)c1Oc1ccccc1. The van der Waals surface area contributed by atoms with Crippen LogP contribution in [0.2, 0.25) is 0 Å². The van der Waals surface area contributed by atoms with Crippen molar-refractivity contribution in [2.24, 2.45) is 5.14 Å². The zero-order chi connectivity index (χ0) is 22.3. The molecule has 2 aromatic rings. The van der Waals surface area contributed by atoms with Crippen LogP contribution in [0.5, 0.6) is 11.5 Å². The van der Waals surface area contributed by atoms with Gasteiger partial charge in [0.15, 0.2) is 5.75 Å². The normalized spacial score (nSPS) is 11.9. The van der Waals surface area contributed by atoms with Crippen molar-refractivity contribution in [1.82, 2.24) is 9.80 Å². The fraction of sp³-hybridized carbons (Fsp3) is 0.429. The largest absolute Gasteiger partial charge is 0.454 e. The van der Waals surface area contributed by atoms with Gasteiger partial charge in [0.25, 0.3) is 0 Å². The standard InChI is InChI=1S/C21H32N4O4S/c1-23(2)10-12-25(13-11-24(3)4)19-14-17(16-26)15-20(30(22,27)28)21(19)29-18-8-6-5-7-9-18/h5-9,14-15,26H,10-13,16H2,1-4H3,(H2,22,27,28). The fourth-order valence-electron chi connectivity index (χ4n) is 2.88. The number of nitrogens with zero attached hydrogens (tertiary/aromatic N) is 3. The Labute approximate surface area is 179 Å². The second-order valence-electron chi connectivity index (χ2n) is 7.65. The Morgan fingerprint density at radius 3 is 1.97 bits per heavy atom. The van der Waals surface area contributed by atoms with Crippen LogP contribution in [0.15, 0.2) is 47.4 Å². The Balaban J connectivity index is 2.64. The average Bonchev–Trinajstić information content (AvgIpc) is 2.68. The predicted molar refractivity (Wildman–Crippen MR) is 120 cm³/mol. The number of nitrogens with two attached hydrogens (primary N) is 1. The van der Waals surface area contributed by atoms with E-state index in [9.17, 15) is 13.5 Å². The minimum absolute atomic E-state index is 0.146. The molecule has 3 N–H and O–H groups in total. The zero-order valence-electron chi connectivity index (χ0n) is 18.1. The van der Waals surface area contributed by atoms with E-state index in [4.69, 9.17) is 9.88 Å². The number of ether oxygens (including phenoxy) is 1. The van der Waals surface area contributed by atoms with E-state index in [2.05, 4.69) is 14.7 Å². The Hall–Kier alpha value is -2.17. The van der Waals surface area contributed by atoms with Gasteiger partial charge in [-0.05, 0) is 58.0 Å². The summed E-state index contributed by atoms with van der Waals surface area (Å²) >= 11 is 0. The highest BCUT2D eigenvalue weighted by Crippen LogP contribution is 2.39. The third-order valence-electron chi connectivity index (χ3n) is 4.52. The Bertz CT molecular complexity index is 906. The summed E-state index contributed by atoms with van der Waals surface area (Å²) in [5, 5.41) is 15.3. The van der Waals surface area contributed by atoms with Crippen LogP contribution in [0.1, 0.15) is 5.56 Å². The third-order valence-corrected chi connectivity index (χ3v) is 5.44. The lowest BCUT2D eigenvalue weighted by molar-refractivity contribution is 0.281. The number of anilines is 1. The van der Waals surface area contributed by atoms with E-state index < -0.39 is 10.0 Å². The second kappa shape index (κ2) is 10.7. The number of benzene rings is 2. The van der Waals surface area contributed by atoms with Crippen molar-refractivity contribution in [3.63, 3.8) is 0 Å². The Morgan fingerprint density at radius 1 is 0.933 bits per heavy atom. The number of hydrogen-bond donors (Lipinski definition) is 2. The first-order chi connectivity index (χ1) is 14.1. The maximum atomic E-state index is 12.4. The molecule has 0 aliphatic carbocycles. The van der Waals surface area contributed by atoms with Crippen LogP contribution in [-0.4, -0.2) is 77.7 Å². The van der Waals surface area contributed by atoms with E-state index >= 15 is 0 Å². The number of likely N-dealkylation sites (N-methyl/N-ethyl adjacent to an activating group) is 2. The van der Waals surface area contributed by atoms with Gasteiger partial charge < -0.3 is 24.5 Å². The van der Waals surface area contributed by atoms with Crippen LogP contribution in [0.25, 0.3) is 0 Å². The molecule has 0 bridgehead atoms. The van der Waals surface area contributed by atoms with Crippen molar-refractivity contribution in [2.45, 2.75) is 11.5 Å². The smallest absolute Gasteiger partial charge is 0.241 e. The van der Waals surface area contributed by atoms with Crippen molar-refractivity contribution in [2.75, 3.05) is 59.3 Å². The summed E-state index contributed by atoms with van der Waals surface area (Å²) in [6, 6.07) is 12.1. The van der Waals surface area contributed by atoms with Crippen LogP contribution in [0.4, 0.5) is 5.69 Å². The Morgan fingerprint density at radius 2 is 1.50 bits per heavy atom. The first-order valence-electron chi connectivity index (χ1n) is 9.69. The molecule has 2 rings (SSSR count). The average molecular weight is 437 g/mol. The van der Waals surface area contributed by atoms with E-state index in [0.29, 0.717) is 30.1 Å². The molecular formula is C21H32N4O4S. The molecule has 0 fully saturated rings. The summed E-state index contributed by atoms with van der Waals surface area (Å²) in [7, 11) is 3.82. The molecule has 0 aliphatic heterocycles. The summed E-state index contributed by atoms with van der Waals surface area (Å²) < 4.78 is 30.9. The number of hydrogen-bond acceptors (Lipinski definition) is 7. The molecule has 9 heteroatoms. The molecule has 0 aliphatic rings. The van der Waals surface area contributed by atoms with Crippen LogP contribution in [0, 0.1) is 0 Å². The summed E-state index contributed by atoms with van der Waals surface area (Å²) in [6.45, 7) is 2.49. The van der Waals surface area contributed by atoms with Gasteiger partial charge in [0.2, 0.25) is 10.0 Å². The number of aliphatic hydroxyl groups excluding tert-OH is 1. The van der Waals surface area contributed by atoms with E-state index in [-0.39, 0.29) is 17.3 Å². The maximum absolute atomic E-state index is 12.4. The molecule has 0 atom stereocenters. The van der Waals surface area contributed by atoms with E-state index in [0.717, 1.165) is 13.1 Å². The highest BCUT2D eigenvalue weighted by Gasteiger charge is 2.24. The number of sulfonamides is 1. The number of rotatable bonds is 11. The van der Waals surface area contributed by atoms with Crippen molar-refractivity contribution in [1.29, 1.82) is 0 Å². The molecule has 0 aromatic heterocycles. The summed E-state index contributed by atoms with van der Waals surface area (Å²) in [5.41, 5.74) is 1.03. The highest BCUT2D eigenvalue weighted by molar-refractivity contribution is 7.89. The van der Waals surface area contributed by atoms with Crippen molar-refractivity contribution in [3.8, 4) is 11.5 Å². The maximum Gasteiger partial charge on any atom is 0.241 e. The molecular weight excluding hydrogens is 404 g/mol. The van der Waals surface area contributed by atoms with Crippen LogP contribution in [0.3, 0.4) is 0 Å². The van der Waals surface area contributed by atoms with Gasteiger partial charge in [-0.15, -0.1) is 0 Å². The lowest BCUT2D eigenvalue weighted by atomic mass is 10.1. The van der Waals surface area contributed by atoms with Gasteiger partial charge in [0.1, 0.15) is 10.6 Å². The van der Waals surface area contributed by atoms with E-state index in [1.807, 2.05) is 46.4 Å². The van der Waals surface area contributed by atoms with Gasteiger partial charge >= 0.3 is 0 Å². The highest BCUT2D eigenvalue weighted by atomic mass is 32.2. The zero-order valence-corrected chi connectivity index (χ0v) is 18.9. The second-order valence-corrected chi connectivity index (χ2v) is 9.18. The predicted octanol–water partition coefficient (Wildman–Crippen LogP) is 1.55. The van der Waals surface area contributed by atoms with Gasteiger partial charge in [-0.1, -0.05) is 18.2 Å². The molecule has 0 unspecified atom stereocenters. The number of aliphatic hydroxyl groups is 1. The van der Waals surface area contributed by atoms with Crippen LogP contribution >= 0.6 is 0 Å². The van der Waals surface area contributed by atoms with E-state index in [1.54, 1.807) is 18.2 Å². The molecule has 0 heterocycles. The first-order valence-corrected chi connectivity index (χ1v) is 11.2. The molecule has 166 valence electrons. The minimum atomic E-state index is -4.09. The molecule has 0 saturated carbocycles. The minimum Gasteiger partial charge on any atom is -0.454 e. The van der Waals surface area contributed by atoms with Gasteiger partial charge in [0.05, 0.1) is 12.3 Å². The van der Waals surface area contributed by atoms with E-state index in [1.165, 1.54) is 6.07 Å². The van der Waals surface area contributed by atoms with Gasteiger partial charge in [0, 0.05) is 26.2 Å². The van der Waals surface area contributed by atoms with Crippen LogP contribution in [-0.2, 0) is 16.6 Å².